The van der Waals surface area contributed by atoms with Crippen LogP contribution in [-0.4, -0.2) is 0 Å². The second kappa shape index (κ2) is 14.8. The zero-order chi connectivity index (χ0) is 33.5. The monoisotopic (exact) mass is 628 g/mol. The average molecular weight is 629 g/mol. The van der Waals surface area contributed by atoms with E-state index in [9.17, 15) is 0 Å². The molecule has 1 aliphatic carbocycles. The van der Waals surface area contributed by atoms with Gasteiger partial charge in [0.05, 0.1) is 0 Å². The first kappa shape index (κ1) is 32.8. The van der Waals surface area contributed by atoms with Crippen LogP contribution >= 0.6 is 0 Å². The van der Waals surface area contributed by atoms with Crippen LogP contribution in [0, 0.1) is 20.8 Å². The number of hydrogen-bond donors (Lipinski definition) is 0. The first-order valence-corrected chi connectivity index (χ1v) is 17.3. The summed E-state index contributed by atoms with van der Waals surface area (Å²) in [6, 6.07) is 45.2. The fourth-order valence-electron chi connectivity index (χ4n) is 6.98. The van der Waals surface area contributed by atoms with Crippen molar-refractivity contribution in [3.05, 3.63) is 186 Å². The second-order valence-corrected chi connectivity index (χ2v) is 13.4. The van der Waals surface area contributed by atoms with Crippen molar-refractivity contribution >= 4 is 28.4 Å². The summed E-state index contributed by atoms with van der Waals surface area (Å²) in [6.07, 6.45) is 14.4. The van der Waals surface area contributed by atoms with Crippen LogP contribution in [0.15, 0.2) is 158 Å². The van der Waals surface area contributed by atoms with Crippen LogP contribution in [0.5, 0.6) is 0 Å². The third kappa shape index (κ3) is 7.24. The molecule has 0 radical (unpaired) electrons. The highest BCUT2D eigenvalue weighted by Gasteiger charge is 2.36. The van der Waals surface area contributed by atoms with Gasteiger partial charge in [-0.05, 0) is 118 Å². The SMILES string of the molecule is C=C/C(C)=C\C=C\N(c1ccc(C)cc1)c1ccc(C2(c3ccc(N(c4ccc(C)cc4)c4ccc(C)cc4)cc3)CCCCC2)cc1. The predicted molar refractivity (Wildman–Crippen MR) is 207 cm³/mol. The quantitative estimate of drug-likeness (QED) is 0.142. The van der Waals surface area contributed by atoms with Crippen molar-refractivity contribution in [2.24, 2.45) is 0 Å². The standard InChI is InChI=1S/C46H48N2/c1-6-35(2)11-10-34-47(41-22-12-36(3)13-23-41)42-28-18-39(19-29-42)46(32-8-7-9-33-46)40-20-30-45(31-21-40)48(43-24-14-37(4)15-25-43)44-26-16-38(5)17-27-44/h6,10-31,34H,1,7-9,32-33H2,2-5H3/b34-10+,35-11-. The molecule has 0 saturated heterocycles. The van der Waals surface area contributed by atoms with E-state index in [2.05, 4.69) is 184 Å². The Kier molecular flexibility index (Phi) is 10.1. The molecule has 0 bridgehead atoms. The molecule has 0 unspecified atom stereocenters. The summed E-state index contributed by atoms with van der Waals surface area (Å²) < 4.78 is 0. The zero-order valence-electron chi connectivity index (χ0n) is 29.0. The highest BCUT2D eigenvalue weighted by atomic mass is 15.1. The molecule has 6 rings (SSSR count). The molecule has 0 amide bonds. The fraction of sp³-hybridized carbons (Fsp3) is 0.217. The summed E-state index contributed by atoms with van der Waals surface area (Å²) in [5, 5.41) is 0. The summed E-state index contributed by atoms with van der Waals surface area (Å²) in [5.74, 6) is 0. The molecular formula is C46H48N2. The predicted octanol–water partition coefficient (Wildman–Crippen LogP) is 13.1. The minimum absolute atomic E-state index is 0.00218. The van der Waals surface area contributed by atoms with Crippen LogP contribution in [-0.2, 0) is 5.41 Å². The summed E-state index contributed by atoms with van der Waals surface area (Å²) >= 11 is 0. The van der Waals surface area contributed by atoms with Crippen LogP contribution < -0.4 is 9.80 Å². The van der Waals surface area contributed by atoms with Crippen LogP contribution in [0.2, 0.25) is 0 Å². The molecule has 1 aliphatic rings. The highest BCUT2D eigenvalue weighted by Crippen LogP contribution is 2.46. The Morgan fingerprint density at radius 2 is 0.917 bits per heavy atom. The van der Waals surface area contributed by atoms with E-state index in [4.69, 9.17) is 0 Å². The van der Waals surface area contributed by atoms with E-state index in [1.165, 1.54) is 77.0 Å². The van der Waals surface area contributed by atoms with Gasteiger partial charge in [-0.2, -0.15) is 0 Å². The lowest BCUT2D eigenvalue weighted by Crippen LogP contribution is -2.30. The fourth-order valence-corrected chi connectivity index (χ4v) is 6.98. The number of allylic oxidation sites excluding steroid dienone is 4. The normalized spacial score (nSPS) is 14.5. The van der Waals surface area contributed by atoms with Gasteiger partial charge in [0.2, 0.25) is 0 Å². The van der Waals surface area contributed by atoms with Gasteiger partial charge < -0.3 is 9.80 Å². The van der Waals surface area contributed by atoms with Crippen molar-refractivity contribution in [1.82, 2.24) is 0 Å². The van der Waals surface area contributed by atoms with Crippen molar-refractivity contribution in [3.8, 4) is 0 Å². The summed E-state index contributed by atoms with van der Waals surface area (Å²) in [5.41, 5.74) is 13.5. The minimum atomic E-state index is 0.00218. The second-order valence-electron chi connectivity index (χ2n) is 13.4. The highest BCUT2D eigenvalue weighted by molar-refractivity contribution is 5.77. The van der Waals surface area contributed by atoms with Gasteiger partial charge in [-0.15, -0.1) is 0 Å². The van der Waals surface area contributed by atoms with Gasteiger partial charge in [0.25, 0.3) is 0 Å². The Labute approximate surface area is 288 Å². The Balaban J connectivity index is 1.35. The largest absolute Gasteiger partial charge is 0.317 e. The molecule has 242 valence electrons. The van der Waals surface area contributed by atoms with Crippen molar-refractivity contribution < 1.29 is 0 Å². The average Bonchev–Trinajstić information content (AvgIpc) is 3.13. The lowest BCUT2D eigenvalue weighted by molar-refractivity contribution is 0.346. The third-order valence-electron chi connectivity index (χ3n) is 9.90. The molecule has 2 heteroatoms. The van der Waals surface area contributed by atoms with Crippen molar-refractivity contribution in [2.45, 2.75) is 65.2 Å². The Morgan fingerprint density at radius 1 is 0.542 bits per heavy atom. The number of hydrogen-bond acceptors (Lipinski definition) is 2. The molecule has 5 aromatic carbocycles. The third-order valence-corrected chi connectivity index (χ3v) is 9.90. The Hall–Kier alpha value is -5.08. The first-order chi connectivity index (χ1) is 23.4. The van der Waals surface area contributed by atoms with Gasteiger partial charge in [0.1, 0.15) is 0 Å². The molecular weight excluding hydrogens is 581 g/mol. The number of nitrogens with zero attached hydrogens (tertiary/aromatic N) is 2. The molecule has 2 nitrogen and oxygen atoms in total. The van der Waals surface area contributed by atoms with E-state index in [-0.39, 0.29) is 5.41 Å². The van der Waals surface area contributed by atoms with Gasteiger partial charge in [-0.1, -0.05) is 121 Å². The van der Waals surface area contributed by atoms with Gasteiger partial charge >= 0.3 is 0 Å². The number of benzene rings is 5. The van der Waals surface area contributed by atoms with E-state index in [1.54, 1.807) is 0 Å². The summed E-state index contributed by atoms with van der Waals surface area (Å²) in [6.45, 7) is 12.4. The van der Waals surface area contributed by atoms with E-state index in [0.717, 1.165) is 16.9 Å². The topological polar surface area (TPSA) is 6.48 Å². The summed E-state index contributed by atoms with van der Waals surface area (Å²) in [4.78, 5) is 4.63. The number of anilines is 5. The molecule has 1 fully saturated rings. The maximum Gasteiger partial charge on any atom is 0.0461 e. The first-order valence-electron chi connectivity index (χ1n) is 17.3. The molecule has 0 spiro atoms. The van der Waals surface area contributed by atoms with E-state index >= 15 is 0 Å². The van der Waals surface area contributed by atoms with E-state index in [1.807, 2.05) is 6.08 Å². The molecule has 48 heavy (non-hydrogen) atoms. The Bertz CT molecular complexity index is 1810. The minimum Gasteiger partial charge on any atom is -0.317 e. The Morgan fingerprint density at radius 3 is 1.33 bits per heavy atom. The maximum absolute atomic E-state index is 3.90. The van der Waals surface area contributed by atoms with Gasteiger partial charge in [0, 0.05) is 40.1 Å². The zero-order valence-corrected chi connectivity index (χ0v) is 29.0. The van der Waals surface area contributed by atoms with Crippen molar-refractivity contribution in [1.29, 1.82) is 0 Å². The van der Waals surface area contributed by atoms with E-state index < -0.39 is 0 Å². The van der Waals surface area contributed by atoms with Crippen LogP contribution in [0.4, 0.5) is 28.4 Å². The van der Waals surface area contributed by atoms with Crippen molar-refractivity contribution in [2.75, 3.05) is 9.80 Å². The van der Waals surface area contributed by atoms with Crippen LogP contribution in [0.25, 0.3) is 0 Å². The number of aryl methyl sites for hydroxylation is 3. The maximum atomic E-state index is 3.90. The number of rotatable bonds is 10. The molecule has 5 aromatic rings. The molecule has 0 aromatic heterocycles. The molecule has 1 saturated carbocycles. The lowest BCUT2D eigenvalue weighted by atomic mass is 9.65. The molecule has 0 atom stereocenters. The van der Waals surface area contributed by atoms with Gasteiger partial charge in [-0.3, -0.25) is 0 Å². The molecule has 0 heterocycles. The summed E-state index contributed by atoms with van der Waals surface area (Å²) in [7, 11) is 0. The van der Waals surface area contributed by atoms with Gasteiger partial charge in [0.15, 0.2) is 0 Å². The van der Waals surface area contributed by atoms with Crippen LogP contribution in [0.3, 0.4) is 0 Å². The molecule has 0 aliphatic heterocycles. The lowest BCUT2D eigenvalue weighted by Gasteiger charge is -2.39. The van der Waals surface area contributed by atoms with Gasteiger partial charge in [-0.25, -0.2) is 0 Å². The van der Waals surface area contributed by atoms with Crippen molar-refractivity contribution in [3.63, 3.8) is 0 Å². The smallest absolute Gasteiger partial charge is 0.0461 e. The van der Waals surface area contributed by atoms with Crippen LogP contribution in [0.1, 0.15) is 66.8 Å². The van der Waals surface area contributed by atoms with E-state index in [0.29, 0.717) is 0 Å². The molecule has 0 N–H and O–H groups in total.